The van der Waals surface area contributed by atoms with Gasteiger partial charge in [0, 0.05) is 24.3 Å². The highest BCUT2D eigenvalue weighted by atomic mass is 35.5. The molecule has 4 nitrogen and oxygen atoms in total. The zero-order valence-electron chi connectivity index (χ0n) is 10.1. The molecule has 1 N–H and O–H groups in total. The van der Waals surface area contributed by atoms with E-state index in [2.05, 4.69) is 10.00 Å². The monoisotopic (exact) mass is 263 g/mol. The maximum atomic E-state index is 11.9. The molecule has 0 radical (unpaired) electrons. The molecule has 0 atom stereocenters. The van der Waals surface area contributed by atoms with E-state index in [1.54, 1.807) is 11.7 Å². The molecular formula is C13H14ClN3O. The van der Waals surface area contributed by atoms with E-state index in [0.29, 0.717) is 0 Å². The van der Waals surface area contributed by atoms with Crippen molar-refractivity contribution >= 4 is 23.1 Å². The number of anilines is 2. The lowest BCUT2D eigenvalue weighted by Gasteiger charge is -2.27. The van der Waals surface area contributed by atoms with Crippen LogP contribution in [-0.2, 0) is 13.5 Å². The van der Waals surface area contributed by atoms with Crippen molar-refractivity contribution in [1.29, 1.82) is 0 Å². The number of nitrogens with one attached hydrogen (secondary N) is 1. The molecule has 0 saturated carbocycles. The van der Waals surface area contributed by atoms with Crippen LogP contribution in [0.2, 0.25) is 5.02 Å². The number of fused-ring (bicyclic) bond motifs is 1. The zero-order chi connectivity index (χ0) is 12.7. The van der Waals surface area contributed by atoms with Crippen LogP contribution in [0.1, 0.15) is 12.0 Å². The number of aromatic nitrogens is 2. The average Bonchev–Trinajstić information content (AvgIpc) is 2.67. The number of hydrogen-bond acceptors (Lipinski definition) is 2. The Morgan fingerprint density at radius 1 is 1.28 bits per heavy atom. The van der Waals surface area contributed by atoms with Gasteiger partial charge in [0.15, 0.2) is 0 Å². The molecule has 5 heteroatoms. The third kappa shape index (κ3) is 1.73. The van der Waals surface area contributed by atoms with Crippen LogP contribution >= 0.6 is 11.6 Å². The first-order valence-corrected chi connectivity index (χ1v) is 6.35. The Morgan fingerprint density at radius 3 is 2.72 bits per heavy atom. The van der Waals surface area contributed by atoms with Gasteiger partial charge in [-0.05, 0) is 37.1 Å². The van der Waals surface area contributed by atoms with Gasteiger partial charge >= 0.3 is 0 Å². The molecule has 1 aliphatic heterocycles. The molecule has 0 fully saturated rings. The van der Waals surface area contributed by atoms with Crippen molar-refractivity contribution in [3.8, 4) is 0 Å². The van der Waals surface area contributed by atoms with Gasteiger partial charge in [-0.2, -0.15) is 0 Å². The highest BCUT2D eigenvalue weighted by molar-refractivity contribution is 6.30. The van der Waals surface area contributed by atoms with Crippen LogP contribution < -0.4 is 10.5 Å². The Hall–Kier alpha value is -1.68. The fourth-order valence-corrected chi connectivity index (χ4v) is 2.56. The number of nitrogens with zero attached hydrogens (tertiary/aromatic N) is 2. The van der Waals surface area contributed by atoms with Crippen LogP contribution in [0.3, 0.4) is 0 Å². The molecular weight excluding hydrogens is 250 g/mol. The fourth-order valence-electron chi connectivity index (χ4n) is 2.43. The molecule has 0 saturated heterocycles. The first-order valence-electron chi connectivity index (χ1n) is 5.98. The Bertz CT molecular complexity index is 627. The smallest absolute Gasteiger partial charge is 0.271 e. The van der Waals surface area contributed by atoms with E-state index in [9.17, 15) is 4.79 Å². The van der Waals surface area contributed by atoms with Gasteiger partial charge in [0.05, 0.1) is 5.56 Å². The van der Waals surface area contributed by atoms with E-state index in [1.807, 2.05) is 24.3 Å². The first kappa shape index (κ1) is 11.4. The Kier molecular flexibility index (Phi) is 2.67. The maximum Gasteiger partial charge on any atom is 0.271 e. The minimum atomic E-state index is 0.0728. The second kappa shape index (κ2) is 4.21. The lowest BCUT2D eigenvalue weighted by atomic mass is 10.1. The minimum Gasteiger partial charge on any atom is -0.326 e. The van der Waals surface area contributed by atoms with Crippen molar-refractivity contribution in [3.63, 3.8) is 0 Å². The predicted octanol–water partition coefficient (Wildman–Crippen LogP) is 2.45. The van der Waals surface area contributed by atoms with Crippen molar-refractivity contribution in [1.82, 2.24) is 9.78 Å². The average molecular weight is 264 g/mol. The Balaban J connectivity index is 2.08. The van der Waals surface area contributed by atoms with Crippen LogP contribution in [0.15, 0.2) is 29.1 Å². The Morgan fingerprint density at radius 2 is 2.00 bits per heavy atom. The van der Waals surface area contributed by atoms with Crippen molar-refractivity contribution < 1.29 is 0 Å². The van der Waals surface area contributed by atoms with Crippen molar-refractivity contribution in [2.45, 2.75) is 12.8 Å². The maximum absolute atomic E-state index is 11.9. The summed E-state index contributed by atoms with van der Waals surface area (Å²) in [5.74, 6) is 0.913. The summed E-state index contributed by atoms with van der Waals surface area (Å²) in [4.78, 5) is 14.1. The van der Waals surface area contributed by atoms with Gasteiger partial charge < -0.3 is 4.90 Å². The van der Waals surface area contributed by atoms with E-state index in [1.165, 1.54) is 0 Å². The number of aryl methyl sites for hydroxylation is 1. The van der Waals surface area contributed by atoms with Gasteiger partial charge in [0.2, 0.25) is 0 Å². The standard InChI is InChI=1S/C13H14ClN3O/c1-16-13(18)11-3-2-8-17(12(11)15-16)10-6-4-9(14)5-7-10/h4-7,15H,2-3,8H2,1H3. The van der Waals surface area contributed by atoms with E-state index in [4.69, 9.17) is 11.6 Å². The zero-order valence-corrected chi connectivity index (χ0v) is 10.9. The second-order valence-corrected chi connectivity index (χ2v) is 4.97. The van der Waals surface area contributed by atoms with Gasteiger partial charge in [0.25, 0.3) is 5.56 Å². The molecule has 1 aliphatic rings. The Labute approximate surface area is 110 Å². The number of hydrogen-bond donors (Lipinski definition) is 1. The molecule has 1 aromatic heterocycles. The highest BCUT2D eigenvalue weighted by Crippen LogP contribution is 2.30. The van der Waals surface area contributed by atoms with Crippen LogP contribution in [0.25, 0.3) is 0 Å². The summed E-state index contributed by atoms with van der Waals surface area (Å²) in [5.41, 5.74) is 2.00. The molecule has 2 aromatic rings. The van der Waals surface area contributed by atoms with E-state index < -0.39 is 0 Å². The predicted molar refractivity (Wildman–Crippen MR) is 72.8 cm³/mol. The lowest BCUT2D eigenvalue weighted by Crippen LogP contribution is -2.26. The third-order valence-electron chi connectivity index (χ3n) is 3.34. The van der Waals surface area contributed by atoms with Crippen LogP contribution in [0.5, 0.6) is 0 Å². The summed E-state index contributed by atoms with van der Waals surface area (Å²) in [6.07, 6.45) is 1.83. The highest BCUT2D eigenvalue weighted by Gasteiger charge is 2.23. The fraction of sp³-hybridized carbons (Fsp3) is 0.308. The normalized spacial score (nSPS) is 14.7. The molecule has 0 bridgehead atoms. The summed E-state index contributed by atoms with van der Waals surface area (Å²) in [6, 6.07) is 7.68. The molecule has 3 rings (SSSR count). The molecule has 18 heavy (non-hydrogen) atoms. The molecule has 2 heterocycles. The van der Waals surface area contributed by atoms with Crippen LogP contribution in [-0.4, -0.2) is 16.3 Å². The van der Waals surface area contributed by atoms with E-state index >= 15 is 0 Å². The number of rotatable bonds is 1. The second-order valence-electron chi connectivity index (χ2n) is 4.53. The van der Waals surface area contributed by atoms with Crippen molar-refractivity contribution in [2.24, 2.45) is 7.05 Å². The summed E-state index contributed by atoms with van der Waals surface area (Å²) < 4.78 is 1.54. The topological polar surface area (TPSA) is 41.0 Å². The number of benzene rings is 1. The number of H-pyrrole nitrogens is 1. The van der Waals surface area contributed by atoms with E-state index in [-0.39, 0.29) is 5.56 Å². The van der Waals surface area contributed by atoms with Gasteiger partial charge in [-0.1, -0.05) is 11.6 Å². The molecule has 0 amide bonds. The van der Waals surface area contributed by atoms with E-state index in [0.717, 1.165) is 41.5 Å². The summed E-state index contributed by atoms with van der Waals surface area (Å²) >= 11 is 5.90. The third-order valence-corrected chi connectivity index (χ3v) is 3.59. The van der Waals surface area contributed by atoms with Gasteiger partial charge in [-0.25, -0.2) is 0 Å². The van der Waals surface area contributed by atoms with Crippen molar-refractivity contribution in [2.75, 3.05) is 11.4 Å². The van der Waals surface area contributed by atoms with Crippen molar-refractivity contribution in [3.05, 3.63) is 45.2 Å². The van der Waals surface area contributed by atoms with Gasteiger partial charge in [-0.15, -0.1) is 0 Å². The van der Waals surface area contributed by atoms with Crippen LogP contribution in [0, 0.1) is 0 Å². The SMILES string of the molecule is Cn1[nH]c2c(c1=O)CCCN2c1ccc(Cl)cc1. The molecule has 0 unspecified atom stereocenters. The lowest BCUT2D eigenvalue weighted by molar-refractivity contribution is 0.732. The molecule has 94 valence electrons. The van der Waals surface area contributed by atoms with Gasteiger partial charge in [-0.3, -0.25) is 14.6 Å². The quantitative estimate of drug-likeness (QED) is 0.859. The van der Waals surface area contributed by atoms with Gasteiger partial charge in [0.1, 0.15) is 5.82 Å². The number of halogens is 1. The summed E-state index contributed by atoms with van der Waals surface area (Å²) in [6.45, 7) is 0.911. The molecule has 0 aliphatic carbocycles. The first-order chi connectivity index (χ1) is 8.66. The summed E-state index contributed by atoms with van der Waals surface area (Å²) in [7, 11) is 1.75. The largest absolute Gasteiger partial charge is 0.326 e. The number of aromatic amines is 1. The molecule has 1 aromatic carbocycles. The summed E-state index contributed by atoms with van der Waals surface area (Å²) in [5, 5.41) is 3.85. The molecule has 0 spiro atoms. The minimum absolute atomic E-state index is 0.0728. The van der Waals surface area contributed by atoms with Crippen LogP contribution in [0.4, 0.5) is 11.5 Å².